The third-order valence-electron chi connectivity index (χ3n) is 5.05. The van der Waals surface area contributed by atoms with Crippen molar-refractivity contribution in [2.75, 3.05) is 40.0 Å². The molecule has 0 saturated heterocycles. The lowest BCUT2D eigenvalue weighted by atomic mass is 9.79. The fourth-order valence-electron chi connectivity index (χ4n) is 2.98. The van der Waals surface area contributed by atoms with Gasteiger partial charge in [-0.15, -0.1) is 0 Å². The van der Waals surface area contributed by atoms with Crippen molar-refractivity contribution in [1.82, 2.24) is 10.6 Å². The summed E-state index contributed by atoms with van der Waals surface area (Å²) in [7, 11) is 1.67. The highest BCUT2D eigenvalue weighted by Crippen LogP contribution is 2.30. The van der Waals surface area contributed by atoms with Gasteiger partial charge in [-0.2, -0.15) is 0 Å². The Morgan fingerprint density at radius 1 is 1.15 bits per heavy atom. The molecule has 0 spiro atoms. The fourth-order valence-corrected chi connectivity index (χ4v) is 2.98. The highest BCUT2D eigenvalue weighted by atomic mass is 16.5. The van der Waals surface area contributed by atoms with Gasteiger partial charge in [-0.3, -0.25) is 4.99 Å². The fraction of sp³-hybridized carbons (Fsp3) is 0.667. The smallest absolute Gasteiger partial charge is 0.191 e. The van der Waals surface area contributed by atoms with Crippen molar-refractivity contribution in [2.24, 2.45) is 10.4 Å². The van der Waals surface area contributed by atoms with Gasteiger partial charge in [-0.05, 0) is 37.7 Å². The van der Waals surface area contributed by atoms with E-state index < -0.39 is 0 Å². The molecule has 6 heteroatoms. The molecule has 1 aromatic carbocycles. The van der Waals surface area contributed by atoms with Crippen molar-refractivity contribution in [2.45, 2.75) is 46.6 Å². The number of hydrogen-bond donors (Lipinski definition) is 3. The first-order chi connectivity index (χ1) is 13.1. The molecule has 0 aliphatic heterocycles. The van der Waals surface area contributed by atoms with Gasteiger partial charge in [0.25, 0.3) is 0 Å². The summed E-state index contributed by atoms with van der Waals surface area (Å²) in [6.45, 7) is 9.87. The van der Waals surface area contributed by atoms with Crippen LogP contribution in [0.5, 0.6) is 5.75 Å². The summed E-state index contributed by atoms with van der Waals surface area (Å²) in [4.78, 5) is 4.74. The van der Waals surface area contributed by atoms with Crippen LogP contribution >= 0.6 is 0 Å². The molecule has 1 aromatic rings. The molecule has 0 heterocycles. The third kappa shape index (κ3) is 8.18. The molecule has 27 heavy (non-hydrogen) atoms. The Bertz CT molecular complexity index is 545. The molecule has 0 fully saturated rings. The molecule has 0 aromatic heterocycles. The molecule has 0 radical (unpaired) electrons. The number of ether oxygens (including phenoxy) is 2. The summed E-state index contributed by atoms with van der Waals surface area (Å²) in [5, 5.41) is 16.0. The monoisotopic (exact) mass is 379 g/mol. The number of hydrogen-bond acceptors (Lipinski definition) is 4. The molecule has 6 nitrogen and oxygen atoms in total. The summed E-state index contributed by atoms with van der Waals surface area (Å²) in [6.07, 6.45) is 2.80. The van der Waals surface area contributed by atoms with Crippen LogP contribution in [0.4, 0.5) is 0 Å². The summed E-state index contributed by atoms with van der Waals surface area (Å²) in [5.41, 5.74) is 1.11. The Balaban J connectivity index is 2.47. The van der Waals surface area contributed by atoms with Crippen LogP contribution in [0.25, 0.3) is 0 Å². The van der Waals surface area contributed by atoms with Crippen LogP contribution in [0.15, 0.2) is 29.3 Å². The lowest BCUT2D eigenvalue weighted by Crippen LogP contribution is -2.40. The first-order valence-electron chi connectivity index (χ1n) is 9.97. The Labute approximate surface area is 164 Å². The van der Waals surface area contributed by atoms with Crippen molar-refractivity contribution in [3.8, 4) is 5.75 Å². The van der Waals surface area contributed by atoms with Gasteiger partial charge in [0, 0.05) is 31.8 Å². The number of aliphatic hydroxyl groups is 1. The van der Waals surface area contributed by atoms with Gasteiger partial charge < -0.3 is 25.2 Å². The van der Waals surface area contributed by atoms with Crippen LogP contribution in [0, 0.1) is 5.41 Å². The largest absolute Gasteiger partial charge is 0.496 e. The number of guanidine groups is 1. The normalized spacial score (nSPS) is 12.1. The minimum Gasteiger partial charge on any atom is -0.496 e. The van der Waals surface area contributed by atoms with E-state index >= 15 is 0 Å². The number of aliphatic imine (C=N–C) groups is 1. The summed E-state index contributed by atoms with van der Waals surface area (Å²) in [5.74, 6) is 1.64. The van der Waals surface area contributed by atoms with Gasteiger partial charge in [0.1, 0.15) is 5.75 Å². The van der Waals surface area contributed by atoms with Crippen molar-refractivity contribution < 1.29 is 14.6 Å². The zero-order valence-electron chi connectivity index (χ0n) is 17.4. The van der Waals surface area contributed by atoms with E-state index in [9.17, 15) is 5.11 Å². The standard InChI is InChI=1S/C21H37N3O3/c1-5-21(6-2,12-14-25)17-24-20(22-7-3)23-13-15-27-16-18-10-8-9-11-19(18)26-4/h8-11,25H,5-7,12-17H2,1-4H3,(H2,22,23,24). The molecular formula is C21H37N3O3. The van der Waals surface area contributed by atoms with Crippen LogP contribution in [0.2, 0.25) is 0 Å². The number of para-hydroxylation sites is 1. The lowest BCUT2D eigenvalue weighted by molar-refractivity contribution is 0.123. The predicted octanol–water partition coefficient (Wildman–Crippen LogP) is 2.96. The number of benzene rings is 1. The first-order valence-corrected chi connectivity index (χ1v) is 9.97. The lowest BCUT2D eigenvalue weighted by Gasteiger charge is -2.29. The van der Waals surface area contributed by atoms with E-state index in [1.54, 1.807) is 7.11 Å². The zero-order chi connectivity index (χ0) is 20.0. The molecule has 0 unspecified atom stereocenters. The topological polar surface area (TPSA) is 75.1 Å². The van der Waals surface area contributed by atoms with Crippen molar-refractivity contribution in [1.29, 1.82) is 0 Å². The first kappa shape index (κ1) is 23.2. The van der Waals surface area contributed by atoms with E-state index in [1.807, 2.05) is 24.3 Å². The summed E-state index contributed by atoms with van der Waals surface area (Å²) in [6, 6.07) is 7.88. The number of rotatable bonds is 13. The maximum Gasteiger partial charge on any atom is 0.191 e. The van der Waals surface area contributed by atoms with Gasteiger partial charge in [0.2, 0.25) is 0 Å². The maximum atomic E-state index is 9.36. The number of aliphatic hydroxyl groups excluding tert-OH is 1. The van der Waals surface area contributed by atoms with Crippen LogP contribution in [-0.4, -0.2) is 51.0 Å². The third-order valence-corrected chi connectivity index (χ3v) is 5.05. The van der Waals surface area contributed by atoms with Gasteiger partial charge >= 0.3 is 0 Å². The zero-order valence-corrected chi connectivity index (χ0v) is 17.4. The average molecular weight is 380 g/mol. The van der Waals surface area contributed by atoms with E-state index in [1.165, 1.54) is 0 Å². The minimum absolute atomic E-state index is 0.0669. The van der Waals surface area contributed by atoms with E-state index in [0.29, 0.717) is 26.3 Å². The van der Waals surface area contributed by atoms with Crippen molar-refractivity contribution >= 4 is 5.96 Å². The Morgan fingerprint density at radius 3 is 2.52 bits per heavy atom. The second-order valence-electron chi connectivity index (χ2n) is 6.67. The predicted molar refractivity (Wildman–Crippen MR) is 111 cm³/mol. The average Bonchev–Trinajstić information content (AvgIpc) is 2.71. The molecule has 0 atom stereocenters. The van der Waals surface area contributed by atoms with E-state index in [4.69, 9.17) is 14.5 Å². The van der Waals surface area contributed by atoms with Crippen LogP contribution in [0.1, 0.15) is 45.6 Å². The Kier molecular flexibility index (Phi) is 11.5. The molecule has 154 valence electrons. The van der Waals surface area contributed by atoms with Gasteiger partial charge in [0.15, 0.2) is 5.96 Å². The van der Waals surface area contributed by atoms with Gasteiger partial charge in [0.05, 0.1) is 20.3 Å². The minimum atomic E-state index is 0.0669. The Morgan fingerprint density at radius 2 is 1.89 bits per heavy atom. The number of nitrogens with zero attached hydrogens (tertiary/aromatic N) is 1. The summed E-state index contributed by atoms with van der Waals surface area (Å²) >= 11 is 0. The molecule has 0 amide bonds. The highest BCUT2D eigenvalue weighted by molar-refractivity contribution is 5.79. The molecule has 0 aliphatic carbocycles. The molecule has 0 bridgehead atoms. The quantitative estimate of drug-likeness (QED) is 0.279. The number of methoxy groups -OCH3 is 1. The van der Waals surface area contributed by atoms with Gasteiger partial charge in [-0.1, -0.05) is 32.0 Å². The van der Waals surface area contributed by atoms with E-state index in [-0.39, 0.29) is 12.0 Å². The molecule has 0 aliphatic rings. The molecular weight excluding hydrogens is 342 g/mol. The number of nitrogens with one attached hydrogen (secondary N) is 2. The van der Waals surface area contributed by atoms with Crippen LogP contribution < -0.4 is 15.4 Å². The molecule has 3 N–H and O–H groups in total. The van der Waals surface area contributed by atoms with E-state index in [2.05, 4.69) is 31.4 Å². The molecule has 0 saturated carbocycles. The second-order valence-corrected chi connectivity index (χ2v) is 6.67. The van der Waals surface area contributed by atoms with Crippen molar-refractivity contribution in [3.63, 3.8) is 0 Å². The van der Waals surface area contributed by atoms with Crippen LogP contribution in [0.3, 0.4) is 0 Å². The van der Waals surface area contributed by atoms with Crippen LogP contribution in [-0.2, 0) is 11.3 Å². The summed E-state index contributed by atoms with van der Waals surface area (Å²) < 4.78 is 11.1. The SMILES string of the molecule is CCNC(=NCC(CC)(CC)CCO)NCCOCc1ccccc1OC. The van der Waals surface area contributed by atoms with Gasteiger partial charge in [-0.25, -0.2) is 0 Å². The van der Waals surface area contributed by atoms with Crippen molar-refractivity contribution in [3.05, 3.63) is 29.8 Å². The van der Waals surface area contributed by atoms with E-state index in [0.717, 1.165) is 43.1 Å². The highest BCUT2D eigenvalue weighted by Gasteiger charge is 2.25. The Hall–Kier alpha value is -1.79. The second kappa shape index (κ2) is 13.4. The molecule has 1 rings (SSSR count). The maximum absolute atomic E-state index is 9.36.